The molecule has 0 radical (unpaired) electrons. The molecule has 7 heteroatoms. The fraction of sp³-hybridized carbons (Fsp3) is 0.0870. The second-order valence-electron chi connectivity index (χ2n) is 6.41. The molecule has 0 saturated carbocycles. The third-order valence-electron chi connectivity index (χ3n) is 4.54. The van der Waals surface area contributed by atoms with Crippen LogP contribution in [0.25, 0.3) is 22.3 Å². The highest BCUT2D eigenvalue weighted by Crippen LogP contribution is 2.33. The molecule has 0 unspecified atom stereocenters. The molecule has 2 aromatic heterocycles. The number of ether oxygens (including phenoxy) is 2. The van der Waals surface area contributed by atoms with Crippen LogP contribution in [0.2, 0.25) is 0 Å². The molecule has 2 aromatic carbocycles. The SMILES string of the molecule is C=CNc1cc(Nc2nc(-c3cccnc3)nc3ccc(OC)cc23)ccc1OC. The zero-order valence-electron chi connectivity index (χ0n) is 16.7. The van der Waals surface area contributed by atoms with Gasteiger partial charge in [-0.15, -0.1) is 0 Å². The van der Waals surface area contributed by atoms with Crippen LogP contribution in [0.1, 0.15) is 0 Å². The predicted octanol–water partition coefficient (Wildman–Crippen LogP) is 5.01. The van der Waals surface area contributed by atoms with Crippen molar-refractivity contribution in [2.45, 2.75) is 0 Å². The van der Waals surface area contributed by atoms with Crippen LogP contribution in [0.4, 0.5) is 17.2 Å². The number of fused-ring (bicyclic) bond motifs is 1. The topological polar surface area (TPSA) is 81.2 Å². The van der Waals surface area contributed by atoms with Crippen LogP contribution in [0.5, 0.6) is 11.5 Å². The summed E-state index contributed by atoms with van der Waals surface area (Å²) in [5.74, 6) is 2.69. The molecule has 0 amide bonds. The minimum atomic E-state index is 0.584. The third-order valence-corrected chi connectivity index (χ3v) is 4.54. The van der Waals surface area contributed by atoms with E-state index in [1.807, 2.05) is 48.5 Å². The van der Waals surface area contributed by atoms with Gasteiger partial charge in [-0.05, 0) is 54.7 Å². The normalized spacial score (nSPS) is 10.5. The van der Waals surface area contributed by atoms with E-state index in [0.29, 0.717) is 17.4 Å². The van der Waals surface area contributed by atoms with Crippen molar-refractivity contribution < 1.29 is 9.47 Å². The number of methoxy groups -OCH3 is 2. The van der Waals surface area contributed by atoms with Crippen molar-refractivity contribution in [2.24, 2.45) is 0 Å². The van der Waals surface area contributed by atoms with E-state index in [9.17, 15) is 0 Å². The lowest BCUT2D eigenvalue weighted by molar-refractivity contribution is 0.415. The quantitative estimate of drug-likeness (QED) is 0.452. The lowest BCUT2D eigenvalue weighted by Gasteiger charge is -2.14. The van der Waals surface area contributed by atoms with E-state index in [0.717, 1.165) is 33.6 Å². The van der Waals surface area contributed by atoms with Gasteiger partial charge in [-0.3, -0.25) is 4.98 Å². The maximum atomic E-state index is 5.39. The van der Waals surface area contributed by atoms with Gasteiger partial charge in [-0.25, -0.2) is 9.97 Å². The number of rotatable bonds is 7. The average molecular weight is 399 g/mol. The van der Waals surface area contributed by atoms with Gasteiger partial charge in [-0.1, -0.05) is 6.58 Å². The Labute approximate surface area is 174 Å². The summed E-state index contributed by atoms with van der Waals surface area (Å²) >= 11 is 0. The van der Waals surface area contributed by atoms with Crippen LogP contribution < -0.4 is 20.1 Å². The Balaban J connectivity index is 1.84. The molecule has 0 spiro atoms. The molecule has 0 saturated heterocycles. The van der Waals surface area contributed by atoms with E-state index in [1.54, 1.807) is 32.8 Å². The van der Waals surface area contributed by atoms with Crippen molar-refractivity contribution in [3.05, 3.63) is 73.7 Å². The second kappa shape index (κ2) is 8.48. The molecule has 0 aliphatic heterocycles. The Morgan fingerprint density at radius 2 is 1.90 bits per heavy atom. The zero-order valence-corrected chi connectivity index (χ0v) is 16.7. The molecule has 30 heavy (non-hydrogen) atoms. The molecule has 0 atom stereocenters. The van der Waals surface area contributed by atoms with Crippen molar-refractivity contribution in [3.63, 3.8) is 0 Å². The van der Waals surface area contributed by atoms with Gasteiger partial charge in [0.15, 0.2) is 5.82 Å². The van der Waals surface area contributed by atoms with Crippen LogP contribution in [-0.4, -0.2) is 29.2 Å². The summed E-state index contributed by atoms with van der Waals surface area (Å²) in [4.78, 5) is 13.7. The van der Waals surface area contributed by atoms with Crippen molar-refractivity contribution >= 4 is 28.1 Å². The van der Waals surface area contributed by atoms with Crippen LogP contribution in [0.3, 0.4) is 0 Å². The fourth-order valence-electron chi connectivity index (χ4n) is 3.10. The van der Waals surface area contributed by atoms with E-state index in [2.05, 4.69) is 22.2 Å². The first-order valence-corrected chi connectivity index (χ1v) is 9.30. The largest absolute Gasteiger partial charge is 0.497 e. The highest BCUT2D eigenvalue weighted by atomic mass is 16.5. The number of aromatic nitrogens is 3. The molecule has 7 nitrogen and oxygen atoms in total. The van der Waals surface area contributed by atoms with Gasteiger partial charge in [-0.2, -0.15) is 0 Å². The average Bonchev–Trinajstić information content (AvgIpc) is 2.80. The molecule has 0 fully saturated rings. The fourth-order valence-corrected chi connectivity index (χ4v) is 3.10. The number of nitrogens with one attached hydrogen (secondary N) is 2. The predicted molar refractivity (Wildman–Crippen MR) is 119 cm³/mol. The Morgan fingerprint density at radius 1 is 1.00 bits per heavy atom. The van der Waals surface area contributed by atoms with Crippen LogP contribution in [0, 0.1) is 0 Å². The number of hydrogen-bond acceptors (Lipinski definition) is 7. The summed E-state index contributed by atoms with van der Waals surface area (Å²) in [6.45, 7) is 3.72. The maximum Gasteiger partial charge on any atom is 0.163 e. The summed E-state index contributed by atoms with van der Waals surface area (Å²) in [6.07, 6.45) is 5.07. The number of benzene rings is 2. The van der Waals surface area contributed by atoms with Gasteiger partial charge in [0, 0.05) is 29.0 Å². The zero-order chi connectivity index (χ0) is 20.9. The molecule has 0 bridgehead atoms. The molecule has 4 aromatic rings. The standard InChI is InChI=1S/C23H21N5O2/c1-4-25-20-12-16(7-10-21(20)30-3)26-23-18-13-17(29-2)8-9-19(18)27-22(28-23)15-6-5-11-24-14-15/h4-14,25H,1H2,2-3H3,(H,26,27,28). The summed E-state index contributed by atoms with van der Waals surface area (Å²) < 4.78 is 10.8. The van der Waals surface area contributed by atoms with Crippen molar-refractivity contribution in [3.8, 4) is 22.9 Å². The van der Waals surface area contributed by atoms with E-state index in [-0.39, 0.29) is 0 Å². The highest BCUT2D eigenvalue weighted by molar-refractivity contribution is 5.93. The van der Waals surface area contributed by atoms with E-state index < -0.39 is 0 Å². The highest BCUT2D eigenvalue weighted by Gasteiger charge is 2.12. The molecule has 150 valence electrons. The van der Waals surface area contributed by atoms with Gasteiger partial charge in [0.2, 0.25) is 0 Å². The van der Waals surface area contributed by atoms with Crippen LogP contribution in [-0.2, 0) is 0 Å². The summed E-state index contributed by atoms with van der Waals surface area (Å²) in [6, 6.07) is 15.2. The Morgan fingerprint density at radius 3 is 2.63 bits per heavy atom. The number of hydrogen-bond donors (Lipinski definition) is 2. The van der Waals surface area contributed by atoms with Gasteiger partial charge < -0.3 is 20.1 Å². The lowest BCUT2D eigenvalue weighted by Crippen LogP contribution is -2.01. The molecule has 4 rings (SSSR count). The third kappa shape index (κ3) is 3.86. The molecular formula is C23H21N5O2. The Hall–Kier alpha value is -4.13. The number of anilines is 3. The summed E-state index contributed by atoms with van der Waals surface area (Å²) in [5, 5.41) is 7.33. The number of nitrogens with zero attached hydrogens (tertiary/aromatic N) is 3. The molecular weight excluding hydrogens is 378 g/mol. The minimum Gasteiger partial charge on any atom is -0.497 e. The minimum absolute atomic E-state index is 0.584. The Bertz CT molecular complexity index is 1200. The first kappa shape index (κ1) is 19.2. The molecule has 0 aliphatic rings. The smallest absolute Gasteiger partial charge is 0.163 e. The molecule has 2 heterocycles. The van der Waals surface area contributed by atoms with Gasteiger partial charge >= 0.3 is 0 Å². The van der Waals surface area contributed by atoms with Crippen molar-refractivity contribution in [1.82, 2.24) is 15.0 Å². The van der Waals surface area contributed by atoms with Crippen molar-refractivity contribution in [2.75, 3.05) is 24.9 Å². The van der Waals surface area contributed by atoms with Gasteiger partial charge in [0.25, 0.3) is 0 Å². The van der Waals surface area contributed by atoms with E-state index in [1.165, 1.54) is 0 Å². The van der Waals surface area contributed by atoms with Crippen molar-refractivity contribution in [1.29, 1.82) is 0 Å². The molecule has 0 aliphatic carbocycles. The first-order valence-electron chi connectivity index (χ1n) is 9.30. The van der Waals surface area contributed by atoms with Crippen LogP contribution in [0.15, 0.2) is 73.7 Å². The summed E-state index contributed by atoms with van der Waals surface area (Å²) in [7, 11) is 3.26. The number of pyridine rings is 1. The van der Waals surface area contributed by atoms with Crippen LogP contribution >= 0.6 is 0 Å². The maximum absolute atomic E-state index is 5.39. The second-order valence-corrected chi connectivity index (χ2v) is 6.41. The van der Waals surface area contributed by atoms with E-state index >= 15 is 0 Å². The molecule has 2 N–H and O–H groups in total. The Kier molecular flexibility index (Phi) is 5.43. The van der Waals surface area contributed by atoms with E-state index in [4.69, 9.17) is 19.4 Å². The first-order chi connectivity index (χ1) is 14.7. The van der Waals surface area contributed by atoms with Gasteiger partial charge in [0.1, 0.15) is 17.3 Å². The summed E-state index contributed by atoms with van der Waals surface area (Å²) in [5.41, 5.74) is 3.26. The monoisotopic (exact) mass is 399 g/mol. The lowest BCUT2D eigenvalue weighted by atomic mass is 10.2. The van der Waals surface area contributed by atoms with Gasteiger partial charge in [0.05, 0.1) is 25.4 Å².